The van der Waals surface area contributed by atoms with Crippen LogP contribution in [0.5, 0.6) is 5.75 Å². The molecular weight excluding hydrogens is 230 g/mol. The van der Waals surface area contributed by atoms with Gasteiger partial charge >= 0.3 is 0 Å². The minimum Gasteiger partial charge on any atom is -0.494 e. The van der Waals surface area contributed by atoms with Gasteiger partial charge in [-0.15, -0.1) is 11.8 Å². The van der Waals surface area contributed by atoms with Gasteiger partial charge in [0.25, 0.3) is 0 Å². The summed E-state index contributed by atoms with van der Waals surface area (Å²) >= 11 is 1.88. The van der Waals surface area contributed by atoms with Gasteiger partial charge in [0.05, 0.1) is 6.61 Å². The quantitative estimate of drug-likeness (QED) is 0.635. The van der Waals surface area contributed by atoms with Gasteiger partial charge in [0, 0.05) is 16.3 Å². The Morgan fingerprint density at radius 3 is 2.82 bits per heavy atom. The summed E-state index contributed by atoms with van der Waals surface area (Å²) in [4.78, 5) is 1.17. The first-order valence-electron chi connectivity index (χ1n) is 6.44. The monoisotopic (exact) mass is 251 g/mol. The first-order chi connectivity index (χ1) is 8.29. The van der Waals surface area contributed by atoms with Crippen LogP contribution in [-0.2, 0) is 0 Å². The van der Waals surface area contributed by atoms with Gasteiger partial charge in [-0.05, 0) is 43.9 Å². The van der Waals surface area contributed by atoms with Crippen molar-refractivity contribution >= 4 is 17.4 Å². The van der Waals surface area contributed by atoms with Gasteiger partial charge < -0.3 is 10.5 Å². The molecule has 1 fully saturated rings. The summed E-state index contributed by atoms with van der Waals surface area (Å²) in [7, 11) is 0. The Balaban J connectivity index is 1.95. The van der Waals surface area contributed by atoms with Crippen LogP contribution in [0, 0.1) is 5.92 Å². The SMILES string of the molecule is CCOc1ccc(N)c(SCC2CCCC2)c1. The molecule has 17 heavy (non-hydrogen) atoms. The topological polar surface area (TPSA) is 35.2 Å². The van der Waals surface area contributed by atoms with E-state index in [-0.39, 0.29) is 0 Å². The van der Waals surface area contributed by atoms with Crippen LogP contribution in [0.2, 0.25) is 0 Å². The number of rotatable bonds is 5. The predicted octanol–water partition coefficient (Wildman–Crippen LogP) is 3.95. The van der Waals surface area contributed by atoms with Crippen molar-refractivity contribution in [2.24, 2.45) is 5.92 Å². The molecule has 0 radical (unpaired) electrons. The molecule has 3 heteroatoms. The van der Waals surface area contributed by atoms with Crippen molar-refractivity contribution in [3.05, 3.63) is 18.2 Å². The highest BCUT2D eigenvalue weighted by Crippen LogP contribution is 2.34. The number of ether oxygens (including phenoxy) is 1. The smallest absolute Gasteiger partial charge is 0.120 e. The summed E-state index contributed by atoms with van der Waals surface area (Å²) in [6, 6.07) is 5.96. The van der Waals surface area contributed by atoms with Crippen LogP contribution >= 0.6 is 11.8 Å². The highest BCUT2D eigenvalue weighted by Gasteiger charge is 2.15. The van der Waals surface area contributed by atoms with Crippen molar-refractivity contribution in [3.63, 3.8) is 0 Å². The van der Waals surface area contributed by atoms with E-state index in [1.54, 1.807) is 0 Å². The van der Waals surface area contributed by atoms with Crippen molar-refractivity contribution in [1.29, 1.82) is 0 Å². The van der Waals surface area contributed by atoms with Crippen LogP contribution < -0.4 is 10.5 Å². The lowest BCUT2D eigenvalue weighted by Crippen LogP contribution is -1.98. The number of anilines is 1. The second kappa shape index (κ2) is 6.20. The molecule has 0 amide bonds. The molecule has 1 aromatic rings. The maximum Gasteiger partial charge on any atom is 0.120 e. The molecule has 94 valence electrons. The molecular formula is C14H21NOS. The van der Waals surface area contributed by atoms with Crippen molar-refractivity contribution in [2.75, 3.05) is 18.1 Å². The van der Waals surface area contributed by atoms with Gasteiger partial charge in [-0.3, -0.25) is 0 Å². The van der Waals surface area contributed by atoms with Gasteiger partial charge in [-0.25, -0.2) is 0 Å². The number of benzene rings is 1. The van der Waals surface area contributed by atoms with Gasteiger partial charge in [-0.2, -0.15) is 0 Å². The minimum absolute atomic E-state index is 0.705. The van der Waals surface area contributed by atoms with Crippen molar-refractivity contribution in [2.45, 2.75) is 37.5 Å². The van der Waals surface area contributed by atoms with Crippen molar-refractivity contribution in [3.8, 4) is 5.75 Å². The van der Waals surface area contributed by atoms with Crippen molar-refractivity contribution in [1.82, 2.24) is 0 Å². The largest absolute Gasteiger partial charge is 0.494 e. The number of hydrogen-bond donors (Lipinski definition) is 1. The third-order valence-corrected chi connectivity index (χ3v) is 4.55. The summed E-state index contributed by atoms with van der Waals surface area (Å²) in [6.07, 6.45) is 5.58. The van der Waals surface area contributed by atoms with Crippen LogP contribution in [0.25, 0.3) is 0 Å². The van der Waals surface area contributed by atoms with Gasteiger partial charge in [0.15, 0.2) is 0 Å². The molecule has 0 unspecified atom stereocenters. The molecule has 0 atom stereocenters. The van der Waals surface area contributed by atoms with E-state index in [1.165, 1.54) is 36.3 Å². The number of hydrogen-bond acceptors (Lipinski definition) is 3. The molecule has 2 N–H and O–H groups in total. The van der Waals surface area contributed by atoms with E-state index in [0.29, 0.717) is 6.61 Å². The molecule has 2 rings (SSSR count). The van der Waals surface area contributed by atoms with Crippen LogP contribution in [0.3, 0.4) is 0 Å². The second-order valence-electron chi connectivity index (χ2n) is 4.59. The Labute approximate surface area is 108 Å². The van der Waals surface area contributed by atoms with Crippen molar-refractivity contribution < 1.29 is 4.74 Å². The Bertz CT molecular complexity index is 361. The third-order valence-electron chi connectivity index (χ3n) is 3.25. The van der Waals surface area contributed by atoms with Crippen LogP contribution in [0.15, 0.2) is 23.1 Å². The van der Waals surface area contributed by atoms with E-state index in [2.05, 4.69) is 6.07 Å². The van der Waals surface area contributed by atoms with E-state index in [1.807, 2.05) is 30.8 Å². The summed E-state index contributed by atoms with van der Waals surface area (Å²) in [6.45, 7) is 2.71. The second-order valence-corrected chi connectivity index (χ2v) is 5.66. The highest BCUT2D eigenvalue weighted by atomic mass is 32.2. The molecule has 0 bridgehead atoms. The molecule has 0 spiro atoms. The Hall–Kier alpha value is -0.830. The normalized spacial score (nSPS) is 16.3. The first-order valence-corrected chi connectivity index (χ1v) is 7.43. The molecule has 0 saturated heterocycles. The molecule has 0 heterocycles. The van der Waals surface area contributed by atoms with E-state index in [9.17, 15) is 0 Å². The minimum atomic E-state index is 0.705. The fourth-order valence-electron chi connectivity index (χ4n) is 2.28. The average molecular weight is 251 g/mol. The molecule has 1 aliphatic carbocycles. The first kappa shape index (κ1) is 12.6. The predicted molar refractivity (Wildman–Crippen MR) is 74.7 cm³/mol. The van der Waals surface area contributed by atoms with E-state index >= 15 is 0 Å². The van der Waals surface area contributed by atoms with E-state index in [4.69, 9.17) is 10.5 Å². The Kier molecular flexibility index (Phi) is 4.60. The zero-order chi connectivity index (χ0) is 12.1. The lowest BCUT2D eigenvalue weighted by molar-refractivity contribution is 0.339. The molecule has 1 aromatic carbocycles. The molecule has 0 aliphatic heterocycles. The van der Waals surface area contributed by atoms with Crippen LogP contribution in [0.4, 0.5) is 5.69 Å². The zero-order valence-electron chi connectivity index (χ0n) is 10.4. The summed E-state index contributed by atoms with van der Waals surface area (Å²) in [5.41, 5.74) is 6.87. The Morgan fingerprint density at radius 2 is 2.12 bits per heavy atom. The lowest BCUT2D eigenvalue weighted by Gasteiger charge is -2.11. The van der Waals surface area contributed by atoms with E-state index < -0.39 is 0 Å². The molecule has 1 saturated carbocycles. The van der Waals surface area contributed by atoms with E-state index in [0.717, 1.165) is 17.4 Å². The summed E-state index contributed by atoms with van der Waals surface area (Å²) in [5.74, 6) is 3.01. The standard InChI is InChI=1S/C14H21NOS/c1-2-16-12-7-8-13(15)14(9-12)17-10-11-5-3-4-6-11/h7-9,11H,2-6,10,15H2,1H3. The number of nitrogen functional groups attached to an aromatic ring is 1. The Morgan fingerprint density at radius 1 is 1.35 bits per heavy atom. The van der Waals surface area contributed by atoms with Crippen LogP contribution in [-0.4, -0.2) is 12.4 Å². The third kappa shape index (κ3) is 3.56. The maximum atomic E-state index is 5.99. The zero-order valence-corrected chi connectivity index (χ0v) is 11.3. The number of thioether (sulfide) groups is 1. The van der Waals surface area contributed by atoms with Gasteiger partial charge in [0.1, 0.15) is 5.75 Å². The molecule has 1 aliphatic rings. The fourth-order valence-corrected chi connectivity index (χ4v) is 3.46. The van der Waals surface area contributed by atoms with Crippen LogP contribution in [0.1, 0.15) is 32.6 Å². The highest BCUT2D eigenvalue weighted by molar-refractivity contribution is 7.99. The molecule has 0 aromatic heterocycles. The van der Waals surface area contributed by atoms with Gasteiger partial charge in [0.2, 0.25) is 0 Å². The number of nitrogens with two attached hydrogens (primary N) is 1. The maximum absolute atomic E-state index is 5.99. The molecule has 2 nitrogen and oxygen atoms in total. The lowest BCUT2D eigenvalue weighted by atomic mass is 10.1. The summed E-state index contributed by atoms with van der Waals surface area (Å²) < 4.78 is 5.50. The van der Waals surface area contributed by atoms with Gasteiger partial charge in [-0.1, -0.05) is 12.8 Å². The fraction of sp³-hybridized carbons (Fsp3) is 0.571. The average Bonchev–Trinajstić information content (AvgIpc) is 2.83. The summed E-state index contributed by atoms with van der Waals surface area (Å²) in [5, 5.41) is 0.